The number of anilines is 2. The van der Waals surface area contributed by atoms with Crippen LogP contribution in [0.15, 0.2) is 36.4 Å². The minimum atomic E-state index is -0.0927. The van der Waals surface area contributed by atoms with E-state index in [2.05, 4.69) is 27.8 Å². The van der Waals surface area contributed by atoms with Crippen molar-refractivity contribution in [2.45, 2.75) is 33.1 Å². The molecule has 2 aromatic rings. The molecule has 0 saturated heterocycles. The molecule has 1 amide bonds. The molecule has 1 heterocycles. The molecule has 0 radical (unpaired) electrons. The third-order valence-corrected chi connectivity index (χ3v) is 3.25. The lowest BCUT2D eigenvalue weighted by atomic mass is 10.1. The normalized spacial score (nSPS) is 10.3. The highest BCUT2D eigenvalue weighted by molar-refractivity contribution is 5.91. The molecule has 0 unspecified atom stereocenters. The SMILES string of the molecule is CCCCNc1ccc(NC(=O)Cc2ccc(C)cc2)nn1. The Morgan fingerprint density at radius 2 is 1.73 bits per heavy atom. The number of unbranched alkanes of at least 4 members (excludes halogenated alkanes) is 1. The van der Waals surface area contributed by atoms with Crippen LogP contribution in [0.3, 0.4) is 0 Å². The number of nitrogens with one attached hydrogen (secondary N) is 2. The van der Waals surface area contributed by atoms with Crippen LogP contribution < -0.4 is 10.6 Å². The van der Waals surface area contributed by atoms with Gasteiger partial charge < -0.3 is 10.6 Å². The van der Waals surface area contributed by atoms with Gasteiger partial charge in [-0.25, -0.2) is 0 Å². The van der Waals surface area contributed by atoms with Gasteiger partial charge in [0.15, 0.2) is 5.82 Å². The van der Waals surface area contributed by atoms with E-state index in [9.17, 15) is 4.79 Å². The van der Waals surface area contributed by atoms with E-state index < -0.39 is 0 Å². The van der Waals surface area contributed by atoms with E-state index in [0.717, 1.165) is 30.8 Å². The lowest BCUT2D eigenvalue weighted by molar-refractivity contribution is -0.115. The van der Waals surface area contributed by atoms with Gasteiger partial charge in [-0.3, -0.25) is 4.79 Å². The van der Waals surface area contributed by atoms with Gasteiger partial charge >= 0.3 is 0 Å². The van der Waals surface area contributed by atoms with Crippen LogP contribution in [0, 0.1) is 6.92 Å². The summed E-state index contributed by atoms with van der Waals surface area (Å²) in [6.45, 7) is 5.04. The Bertz CT molecular complexity index is 593. The molecular weight excluding hydrogens is 276 g/mol. The molecule has 5 heteroatoms. The molecule has 0 saturated carbocycles. The molecule has 1 aromatic heterocycles. The van der Waals surface area contributed by atoms with Gasteiger partial charge in [-0.1, -0.05) is 43.2 Å². The van der Waals surface area contributed by atoms with Gasteiger partial charge in [-0.05, 0) is 31.0 Å². The Morgan fingerprint density at radius 1 is 1.05 bits per heavy atom. The molecule has 116 valence electrons. The number of aryl methyl sites for hydroxylation is 1. The average molecular weight is 298 g/mol. The summed E-state index contributed by atoms with van der Waals surface area (Å²) in [7, 11) is 0. The van der Waals surface area contributed by atoms with Gasteiger partial charge in [0.1, 0.15) is 5.82 Å². The Labute approximate surface area is 131 Å². The second-order valence-corrected chi connectivity index (χ2v) is 5.29. The predicted molar refractivity (Wildman–Crippen MR) is 88.9 cm³/mol. The lowest BCUT2D eigenvalue weighted by Crippen LogP contribution is -2.16. The number of hydrogen-bond acceptors (Lipinski definition) is 4. The standard InChI is InChI=1S/C17H22N4O/c1-3-4-11-18-15-9-10-16(21-20-15)19-17(22)12-14-7-5-13(2)6-8-14/h5-10H,3-4,11-12H2,1-2H3,(H,18,20)(H,19,21,22). The average Bonchev–Trinajstić information content (AvgIpc) is 2.51. The van der Waals surface area contributed by atoms with E-state index in [4.69, 9.17) is 0 Å². The van der Waals surface area contributed by atoms with Crippen molar-refractivity contribution in [3.8, 4) is 0 Å². The van der Waals surface area contributed by atoms with Gasteiger partial charge in [-0.2, -0.15) is 0 Å². The molecule has 2 rings (SSSR count). The van der Waals surface area contributed by atoms with E-state index in [1.165, 1.54) is 5.56 Å². The molecule has 0 aliphatic heterocycles. The van der Waals surface area contributed by atoms with Crippen molar-refractivity contribution >= 4 is 17.5 Å². The van der Waals surface area contributed by atoms with E-state index in [1.54, 1.807) is 6.07 Å². The van der Waals surface area contributed by atoms with Crippen LogP contribution in [0.4, 0.5) is 11.6 Å². The van der Waals surface area contributed by atoms with Gasteiger partial charge in [0.2, 0.25) is 5.91 Å². The zero-order chi connectivity index (χ0) is 15.8. The molecule has 1 aromatic carbocycles. The summed E-state index contributed by atoms with van der Waals surface area (Å²) in [6, 6.07) is 11.5. The summed E-state index contributed by atoms with van der Waals surface area (Å²) in [4.78, 5) is 12.0. The number of nitrogens with zero attached hydrogens (tertiary/aromatic N) is 2. The number of carbonyl (C=O) groups is 1. The van der Waals surface area contributed by atoms with E-state index in [-0.39, 0.29) is 5.91 Å². The third kappa shape index (κ3) is 5.16. The summed E-state index contributed by atoms with van der Waals surface area (Å²) >= 11 is 0. The maximum atomic E-state index is 12.0. The third-order valence-electron chi connectivity index (χ3n) is 3.25. The fourth-order valence-electron chi connectivity index (χ4n) is 1.96. The highest BCUT2D eigenvalue weighted by Gasteiger charge is 2.05. The van der Waals surface area contributed by atoms with Crippen LogP contribution in [0.1, 0.15) is 30.9 Å². The highest BCUT2D eigenvalue weighted by atomic mass is 16.1. The zero-order valence-electron chi connectivity index (χ0n) is 13.1. The molecule has 0 atom stereocenters. The van der Waals surface area contributed by atoms with Crippen molar-refractivity contribution in [2.75, 3.05) is 17.2 Å². The quantitative estimate of drug-likeness (QED) is 0.770. The van der Waals surface area contributed by atoms with Crippen LogP contribution in [0.2, 0.25) is 0 Å². The molecule has 0 aliphatic rings. The van der Waals surface area contributed by atoms with Crippen LogP contribution in [-0.2, 0) is 11.2 Å². The van der Waals surface area contributed by atoms with Crippen molar-refractivity contribution in [3.05, 3.63) is 47.5 Å². The minimum Gasteiger partial charge on any atom is -0.369 e. The first-order chi connectivity index (χ1) is 10.7. The number of amides is 1. The molecule has 0 bridgehead atoms. The van der Waals surface area contributed by atoms with Gasteiger partial charge in [0, 0.05) is 6.54 Å². The van der Waals surface area contributed by atoms with Crippen molar-refractivity contribution in [3.63, 3.8) is 0 Å². The number of aromatic nitrogens is 2. The molecular formula is C17H22N4O. The predicted octanol–water partition coefficient (Wildman–Crippen LogP) is 3.18. The zero-order valence-corrected chi connectivity index (χ0v) is 13.1. The maximum absolute atomic E-state index is 12.0. The summed E-state index contributed by atoms with van der Waals surface area (Å²) < 4.78 is 0. The van der Waals surface area contributed by atoms with Gasteiger partial charge in [0.25, 0.3) is 0 Å². The summed E-state index contributed by atoms with van der Waals surface area (Å²) in [5, 5.41) is 14.0. The van der Waals surface area contributed by atoms with E-state index in [1.807, 2.05) is 37.3 Å². The summed E-state index contributed by atoms with van der Waals surface area (Å²) in [5.74, 6) is 1.10. The smallest absolute Gasteiger partial charge is 0.229 e. The maximum Gasteiger partial charge on any atom is 0.229 e. The van der Waals surface area contributed by atoms with E-state index >= 15 is 0 Å². The topological polar surface area (TPSA) is 66.9 Å². The minimum absolute atomic E-state index is 0.0927. The Hall–Kier alpha value is -2.43. The number of carbonyl (C=O) groups excluding carboxylic acids is 1. The highest BCUT2D eigenvalue weighted by Crippen LogP contribution is 2.08. The molecule has 0 fully saturated rings. The fraction of sp³-hybridized carbons (Fsp3) is 0.353. The van der Waals surface area contributed by atoms with E-state index in [0.29, 0.717) is 12.2 Å². The van der Waals surface area contributed by atoms with Crippen molar-refractivity contribution < 1.29 is 4.79 Å². The lowest BCUT2D eigenvalue weighted by Gasteiger charge is -2.06. The summed E-state index contributed by atoms with van der Waals surface area (Å²) in [5.41, 5.74) is 2.16. The second kappa shape index (κ2) is 8.12. The molecule has 5 nitrogen and oxygen atoms in total. The Kier molecular flexibility index (Phi) is 5.89. The number of benzene rings is 1. The van der Waals surface area contributed by atoms with Crippen LogP contribution >= 0.6 is 0 Å². The number of hydrogen-bond donors (Lipinski definition) is 2. The Morgan fingerprint density at radius 3 is 2.36 bits per heavy atom. The fourth-order valence-corrected chi connectivity index (χ4v) is 1.96. The molecule has 0 spiro atoms. The van der Waals surface area contributed by atoms with Crippen LogP contribution in [-0.4, -0.2) is 22.6 Å². The first-order valence-electron chi connectivity index (χ1n) is 7.60. The van der Waals surface area contributed by atoms with Gasteiger partial charge in [-0.15, -0.1) is 10.2 Å². The van der Waals surface area contributed by atoms with Crippen LogP contribution in [0.5, 0.6) is 0 Å². The first kappa shape index (κ1) is 15.9. The first-order valence-corrected chi connectivity index (χ1v) is 7.60. The Balaban J connectivity index is 1.84. The van der Waals surface area contributed by atoms with Crippen molar-refractivity contribution in [1.29, 1.82) is 0 Å². The largest absolute Gasteiger partial charge is 0.369 e. The summed E-state index contributed by atoms with van der Waals surface area (Å²) in [6.07, 6.45) is 2.56. The van der Waals surface area contributed by atoms with Crippen molar-refractivity contribution in [1.82, 2.24) is 10.2 Å². The second-order valence-electron chi connectivity index (χ2n) is 5.29. The molecule has 2 N–H and O–H groups in total. The molecule has 0 aliphatic carbocycles. The monoisotopic (exact) mass is 298 g/mol. The van der Waals surface area contributed by atoms with Gasteiger partial charge in [0.05, 0.1) is 6.42 Å². The molecule has 22 heavy (non-hydrogen) atoms. The van der Waals surface area contributed by atoms with Crippen LogP contribution in [0.25, 0.3) is 0 Å². The number of rotatable bonds is 7. The van der Waals surface area contributed by atoms with Crippen molar-refractivity contribution in [2.24, 2.45) is 0 Å².